The number of carbonyl (C=O) groups excluding carboxylic acids is 2. The van der Waals surface area contributed by atoms with Crippen molar-refractivity contribution < 1.29 is 14.3 Å². The van der Waals surface area contributed by atoms with E-state index in [9.17, 15) is 9.59 Å². The van der Waals surface area contributed by atoms with Gasteiger partial charge in [-0.15, -0.1) is 11.3 Å². The Morgan fingerprint density at radius 3 is 2.67 bits per heavy atom. The summed E-state index contributed by atoms with van der Waals surface area (Å²) in [5, 5.41) is 1.97. The van der Waals surface area contributed by atoms with Crippen molar-refractivity contribution in [3.8, 4) is 5.75 Å². The molecule has 4 rings (SSSR count). The summed E-state index contributed by atoms with van der Waals surface area (Å²) in [6, 6.07) is 11.3. The van der Waals surface area contributed by atoms with Crippen LogP contribution in [0.1, 0.15) is 24.1 Å². The van der Waals surface area contributed by atoms with Crippen LogP contribution in [0.4, 0.5) is 5.69 Å². The van der Waals surface area contributed by atoms with Gasteiger partial charge in [0.15, 0.2) is 6.10 Å². The molecule has 2 aliphatic heterocycles. The predicted octanol–water partition coefficient (Wildman–Crippen LogP) is 3.57. The molecule has 6 heteroatoms. The normalized spacial score (nSPS) is 19.6. The summed E-state index contributed by atoms with van der Waals surface area (Å²) in [6.07, 6.45) is 5.94. The van der Waals surface area contributed by atoms with Crippen LogP contribution in [0.2, 0.25) is 0 Å². The maximum Gasteiger partial charge on any atom is 0.265 e. The van der Waals surface area contributed by atoms with Gasteiger partial charge in [-0.05, 0) is 48.9 Å². The highest BCUT2D eigenvalue weighted by Gasteiger charge is 2.35. The predicted molar refractivity (Wildman–Crippen MR) is 107 cm³/mol. The molecule has 1 saturated heterocycles. The number of hydrogen-bond donors (Lipinski definition) is 0. The molecule has 3 heterocycles. The second-order valence-electron chi connectivity index (χ2n) is 6.76. The lowest BCUT2D eigenvalue weighted by Gasteiger charge is -2.37. The molecular formula is C21H22N2O3S. The number of piperidine rings is 1. The van der Waals surface area contributed by atoms with Gasteiger partial charge in [-0.3, -0.25) is 9.59 Å². The minimum absolute atomic E-state index is 0.0239. The first-order valence-corrected chi connectivity index (χ1v) is 10.2. The van der Waals surface area contributed by atoms with Gasteiger partial charge >= 0.3 is 0 Å². The molecule has 1 aromatic heterocycles. The number of rotatable bonds is 3. The van der Waals surface area contributed by atoms with Gasteiger partial charge in [0.2, 0.25) is 0 Å². The van der Waals surface area contributed by atoms with Crippen LogP contribution in [-0.4, -0.2) is 42.5 Å². The van der Waals surface area contributed by atoms with E-state index < -0.39 is 6.10 Å². The number of hydrogen-bond acceptors (Lipinski definition) is 4. The summed E-state index contributed by atoms with van der Waals surface area (Å²) in [6.45, 7) is 1.78. The Bertz CT molecular complexity index is 841. The molecule has 1 fully saturated rings. The van der Waals surface area contributed by atoms with Crippen LogP contribution in [0, 0.1) is 0 Å². The lowest BCUT2D eigenvalue weighted by Crippen LogP contribution is -2.52. The molecule has 0 spiro atoms. The zero-order valence-electron chi connectivity index (χ0n) is 15.0. The van der Waals surface area contributed by atoms with Crippen LogP contribution in [0.25, 0.3) is 6.08 Å². The fourth-order valence-electron chi connectivity index (χ4n) is 3.52. The zero-order chi connectivity index (χ0) is 18.6. The second kappa shape index (κ2) is 7.96. The minimum atomic E-state index is -0.655. The molecule has 2 amide bonds. The summed E-state index contributed by atoms with van der Waals surface area (Å²) >= 11 is 1.58. The number of carbonyl (C=O) groups is 2. The Morgan fingerprint density at radius 1 is 1.07 bits per heavy atom. The summed E-state index contributed by atoms with van der Waals surface area (Å²) in [7, 11) is 0. The lowest BCUT2D eigenvalue weighted by molar-refractivity contribution is -0.139. The average molecular weight is 382 g/mol. The van der Waals surface area contributed by atoms with Crippen molar-refractivity contribution in [1.29, 1.82) is 0 Å². The third-order valence-electron chi connectivity index (χ3n) is 4.92. The van der Waals surface area contributed by atoms with E-state index in [4.69, 9.17) is 4.74 Å². The number of anilines is 1. The highest BCUT2D eigenvalue weighted by Crippen LogP contribution is 2.34. The molecule has 140 valence electrons. The van der Waals surface area contributed by atoms with E-state index in [2.05, 4.69) is 0 Å². The van der Waals surface area contributed by atoms with Gasteiger partial charge in [-0.25, -0.2) is 0 Å². The van der Waals surface area contributed by atoms with Crippen LogP contribution < -0.4 is 9.64 Å². The molecule has 5 nitrogen and oxygen atoms in total. The molecule has 2 aliphatic rings. The lowest BCUT2D eigenvalue weighted by atomic mass is 10.1. The van der Waals surface area contributed by atoms with Crippen LogP contribution >= 0.6 is 11.3 Å². The highest BCUT2D eigenvalue weighted by molar-refractivity contribution is 7.10. The van der Waals surface area contributed by atoms with Crippen molar-refractivity contribution in [3.05, 3.63) is 52.7 Å². The van der Waals surface area contributed by atoms with Crippen LogP contribution in [0.5, 0.6) is 5.75 Å². The average Bonchev–Trinajstić information content (AvgIpc) is 3.25. The fraction of sp³-hybridized carbons (Fsp3) is 0.333. The SMILES string of the molecule is O=C([C@H]1CN(C(=O)/C=C/c2cccs2)c2ccccc2O1)N1CCCCC1. The van der Waals surface area contributed by atoms with Gasteiger partial charge in [-0.2, -0.15) is 0 Å². The maximum absolute atomic E-state index is 12.9. The standard InChI is InChI=1S/C21H22N2O3S/c24-20(11-10-16-7-6-14-27-16)23-15-19(21(25)22-12-4-1-5-13-22)26-18-9-3-2-8-17(18)23/h2-3,6-11,14,19H,1,4-5,12-13,15H2/b11-10+/t19-/m1/s1. The molecular weight excluding hydrogens is 360 g/mol. The molecule has 0 N–H and O–H groups in total. The second-order valence-corrected chi connectivity index (χ2v) is 7.74. The van der Waals surface area contributed by atoms with Gasteiger partial charge in [-0.1, -0.05) is 18.2 Å². The number of amides is 2. The van der Waals surface area contributed by atoms with E-state index in [0.29, 0.717) is 11.4 Å². The van der Waals surface area contributed by atoms with E-state index >= 15 is 0 Å². The van der Waals surface area contributed by atoms with E-state index in [1.807, 2.05) is 52.8 Å². The molecule has 0 aliphatic carbocycles. The van der Waals surface area contributed by atoms with E-state index in [-0.39, 0.29) is 18.4 Å². The molecule has 0 radical (unpaired) electrons. The van der Waals surface area contributed by atoms with Crippen molar-refractivity contribution in [2.75, 3.05) is 24.5 Å². The number of ether oxygens (including phenoxy) is 1. The maximum atomic E-state index is 12.9. The Hall–Kier alpha value is -2.60. The Labute approximate surface area is 162 Å². The van der Waals surface area contributed by atoms with Gasteiger partial charge in [0.1, 0.15) is 5.75 Å². The highest BCUT2D eigenvalue weighted by atomic mass is 32.1. The smallest absolute Gasteiger partial charge is 0.265 e. The summed E-state index contributed by atoms with van der Waals surface area (Å²) in [5.74, 6) is 0.414. The van der Waals surface area contributed by atoms with Crippen LogP contribution in [0.15, 0.2) is 47.9 Å². The number of fused-ring (bicyclic) bond motifs is 1. The molecule has 1 aromatic carbocycles. The Kier molecular flexibility index (Phi) is 5.25. The molecule has 0 unspecified atom stereocenters. The number of likely N-dealkylation sites (tertiary alicyclic amines) is 1. The number of thiophene rings is 1. The van der Waals surface area contributed by atoms with Crippen molar-refractivity contribution in [2.24, 2.45) is 0 Å². The van der Waals surface area contributed by atoms with Crippen molar-refractivity contribution in [2.45, 2.75) is 25.4 Å². The van der Waals surface area contributed by atoms with Gasteiger partial charge in [0.05, 0.1) is 12.2 Å². The first-order valence-electron chi connectivity index (χ1n) is 9.30. The molecule has 2 aromatic rings. The monoisotopic (exact) mass is 382 g/mol. The van der Waals surface area contributed by atoms with Crippen LogP contribution in [-0.2, 0) is 9.59 Å². The molecule has 27 heavy (non-hydrogen) atoms. The zero-order valence-corrected chi connectivity index (χ0v) is 15.9. The Morgan fingerprint density at radius 2 is 1.89 bits per heavy atom. The van der Waals surface area contributed by atoms with Crippen LogP contribution in [0.3, 0.4) is 0 Å². The first kappa shape index (κ1) is 17.8. The molecule has 1 atom stereocenters. The van der Waals surface area contributed by atoms with E-state index in [1.165, 1.54) is 0 Å². The van der Waals surface area contributed by atoms with Gasteiger partial charge in [0, 0.05) is 24.0 Å². The minimum Gasteiger partial charge on any atom is -0.476 e. The van der Waals surface area contributed by atoms with Crippen molar-refractivity contribution >= 4 is 34.9 Å². The van der Waals surface area contributed by atoms with E-state index in [1.54, 1.807) is 22.3 Å². The largest absolute Gasteiger partial charge is 0.476 e. The van der Waals surface area contributed by atoms with Gasteiger partial charge in [0.25, 0.3) is 11.8 Å². The first-order chi connectivity index (χ1) is 13.2. The molecule has 0 bridgehead atoms. The van der Waals surface area contributed by atoms with Crippen molar-refractivity contribution in [3.63, 3.8) is 0 Å². The van der Waals surface area contributed by atoms with E-state index in [0.717, 1.165) is 37.2 Å². The topological polar surface area (TPSA) is 49.9 Å². The third kappa shape index (κ3) is 3.90. The summed E-state index contributed by atoms with van der Waals surface area (Å²) in [5.41, 5.74) is 0.709. The Balaban J connectivity index is 1.56. The fourth-order valence-corrected chi connectivity index (χ4v) is 4.14. The molecule has 0 saturated carbocycles. The third-order valence-corrected chi connectivity index (χ3v) is 5.75. The number of nitrogens with zero attached hydrogens (tertiary/aromatic N) is 2. The number of para-hydroxylation sites is 2. The quantitative estimate of drug-likeness (QED) is 0.763. The number of benzene rings is 1. The van der Waals surface area contributed by atoms with Crippen molar-refractivity contribution in [1.82, 2.24) is 4.90 Å². The van der Waals surface area contributed by atoms with Gasteiger partial charge < -0.3 is 14.5 Å². The summed E-state index contributed by atoms with van der Waals surface area (Å²) < 4.78 is 5.97. The summed E-state index contributed by atoms with van der Waals surface area (Å²) in [4.78, 5) is 30.3.